The number of hydrogen-bond donors (Lipinski definition) is 1. The predicted octanol–water partition coefficient (Wildman–Crippen LogP) is 1.94. The number of hydrogen-bond acceptors (Lipinski definition) is 4. The van der Waals surface area contributed by atoms with Crippen LogP contribution in [-0.2, 0) is 6.42 Å². The third-order valence-corrected chi connectivity index (χ3v) is 3.00. The average Bonchev–Trinajstić information content (AvgIpc) is 2.86. The summed E-state index contributed by atoms with van der Waals surface area (Å²) in [4.78, 5) is 12.7. The minimum atomic E-state index is 0.541. The van der Waals surface area contributed by atoms with Crippen molar-refractivity contribution in [3.05, 3.63) is 42.5 Å². The van der Waals surface area contributed by atoms with Gasteiger partial charge in [-0.05, 0) is 18.6 Å². The summed E-state index contributed by atoms with van der Waals surface area (Å²) >= 11 is 0. The molecule has 5 nitrogen and oxygen atoms in total. The summed E-state index contributed by atoms with van der Waals surface area (Å²) < 4.78 is 2.00. The van der Waals surface area contributed by atoms with E-state index < -0.39 is 0 Å². The topological polar surface area (TPSA) is 69.1 Å². The molecule has 3 aromatic rings. The number of pyridine rings is 1. The van der Waals surface area contributed by atoms with E-state index in [0.29, 0.717) is 5.82 Å². The first-order valence-corrected chi connectivity index (χ1v) is 5.83. The van der Waals surface area contributed by atoms with Crippen molar-refractivity contribution in [1.29, 1.82) is 0 Å². The van der Waals surface area contributed by atoms with Crippen LogP contribution in [0.2, 0.25) is 0 Å². The molecule has 0 bridgehead atoms. The van der Waals surface area contributed by atoms with Crippen LogP contribution in [0.3, 0.4) is 0 Å². The van der Waals surface area contributed by atoms with Crippen molar-refractivity contribution in [3.63, 3.8) is 0 Å². The van der Waals surface area contributed by atoms with Gasteiger partial charge in [0.2, 0.25) is 0 Å². The lowest BCUT2D eigenvalue weighted by molar-refractivity contribution is 1.04. The first kappa shape index (κ1) is 10.7. The van der Waals surface area contributed by atoms with Crippen molar-refractivity contribution in [1.82, 2.24) is 19.4 Å². The molecule has 0 radical (unpaired) electrons. The highest BCUT2D eigenvalue weighted by Gasteiger charge is 2.12. The minimum Gasteiger partial charge on any atom is -0.383 e. The molecule has 90 valence electrons. The first-order valence-electron chi connectivity index (χ1n) is 5.83. The second-order valence-corrected chi connectivity index (χ2v) is 4.01. The van der Waals surface area contributed by atoms with E-state index in [0.717, 1.165) is 29.0 Å². The van der Waals surface area contributed by atoms with Gasteiger partial charge in [-0.15, -0.1) is 0 Å². The summed E-state index contributed by atoms with van der Waals surface area (Å²) in [6.45, 7) is 2.05. The number of aromatic nitrogens is 4. The summed E-state index contributed by atoms with van der Waals surface area (Å²) in [5.74, 6) is 0.541. The smallest absolute Gasteiger partial charge is 0.137 e. The molecule has 0 aliphatic heterocycles. The maximum absolute atomic E-state index is 5.91. The van der Waals surface area contributed by atoms with Gasteiger partial charge in [0.1, 0.15) is 17.8 Å². The molecule has 0 fully saturated rings. The second kappa shape index (κ2) is 4.10. The van der Waals surface area contributed by atoms with Crippen LogP contribution in [-0.4, -0.2) is 19.4 Å². The van der Waals surface area contributed by atoms with Crippen molar-refractivity contribution in [2.24, 2.45) is 0 Å². The van der Waals surface area contributed by atoms with Crippen molar-refractivity contribution in [2.45, 2.75) is 13.3 Å². The molecule has 3 heterocycles. The van der Waals surface area contributed by atoms with Gasteiger partial charge < -0.3 is 5.73 Å². The Morgan fingerprint density at radius 2 is 2.11 bits per heavy atom. The minimum absolute atomic E-state index is 0.541. The fraction of sp³-hybridized carbons (Fsp3) is 0.154. The van der Waals surface area contributed by atoms with Crippen LogP contribution in [0.5, 0.6) is 0 Å². The number of rotatable bonds is 2. The van der Waals surface area contributed by atoms with Crippen molar-refractivity contribution >= 4 is 11.5 Å². The fourth-order valence-electron chi connectivity index (χ4n) is 2.14. The van der Waals surface area contributed by atoms with E-state index in [1.807, 2.05) is 35.7 Å². The predicted molar refractivity (Wildman–Crippen MR) is 70.0 cm³/mol. The van der Waals surface area contributed by atoms with Gasteiger partial charge in [0.25, 0.3) is 0 Å². The van der Waals surface area contributed by atoms with Gasteiger partial charge in [-0.25, -0.2) is 15.0 Å². The molecule has 0 aliphatic carbocycles. The van der Waals surface area contributed by atoms with Crippen LogP contribution in [0.15, 0.2) is 36.9 Å². The molecule has 0 aliphatic rings. The standard InChI is InChI=1S/C13H13N5/c1-2-9-12(16-8-17-13(9)14)10-4-3-5-11-15-6-7-18(10)11/h3-8H,2H2,1H3,(H2,14,16,17). The number of nitrogen functional groups attached to an aromatic ring is 1. The summed E-state index contributed by atoms with van der Waals surface area (Å²) in [5, 5.41) is 0. The second-order valence-electron chi connectivity index (χ2n) is 4.01. The van der Waals surface area contributed by atoms with Crippen molar-refractivity contribution in [2.75, 3.05) is 5.73 Å². The molecule has 3 aromatic heterocycles. The van der Waals surface area contributed by atoms with E-state index in [1.54, 1.807) is 6.20 Å². The maximum atomic E-state index is 5.91. The molecule has 0 atom stereocenters. The van der Waals surface area contributed by atoms with Gasteiger partial charge in [0.05, 0.1) is 11.4 Å². The Morgan fingerprint density at radius 3 is 2.94 bits per heavy atom. The van der Waals surface area contributed by atoms with Crippen LogP contribution in [0.4, 0.5) is 5.82 Å². The number of anilines is 1. The fourth-order valence-corrected chi connectivity index (χ4v) is 2.14. The molecular weight excluding hydrogens is 226 g/mol. The van der Waals surface area contributed by atoms with Crippen LogP contribution in [0.25, 0.3) is 17.0 Å². The summed E-state index contributed by atoms with van der Waals surface area (Å²) in [6.07, 6.45) is 5.99. The lowest BCUT2D eigenvalue weighted by Crippen LogP contribution is -2.03. The SMILES string of the molecule is CCc1c(N)ncnc1-c1cccc2nccn12. The number of nitrogens with zero attached hydrogens (tertiary/aromatic N) is 4. The first-order chi connectivity index (χ1) is 8.81. The highest BCUT2D eigenvalue weighted by Crippen LogP contribution is 2.25. The quantitative estimate of drug-likeness (QED) is 0.742. The van der Waals surface area contributed by atoms with Gasteiger partial charge in [0.15, 0.2) is 0 Å². The molecule has 0 saturated carbocycles. The molecule has 18 heavy (non-hydrogen) atoms. The van der Waals surface area contributed by atoms with E-state index in [4.69, 9.17) is 5.73 Å². The number of fused-ring (bicyclic) bond motifs is 1. The van der Waals surface area contributed by atoms with Crippen molar-refractivity contribution < 1.29 is 0 Å². The Kier molecular flexibility index (Phi) is 2.44. The summed E-state index contributed by atoms with van der Waals surface area (Å²) in [5.41, 5.74) is 9.63. The monoisotopic (exact) mass is 239 g/mol. The Labute approximate surface area is 104 Å². The van der Waals surface area contributed by atoms with Gasteiger partial charge in [0, 0.05) is 18.0 Å². The zero-order valence-electron chi connectivity index (χ0n) is 10.0. The van der Waals surface area contributed by atoms with E-state index >= 15 is 0 Å². The number of imidazole rings is 1. The van der Waals surface area contributed by atoms with Crippen LogP contribution in [0, 0.1) is 0 Å². The van der Waals surface area contributed by atoms with Gasteiger partial charge >= 0.3 is 0 Å². The molecule has 0 unspecified atom stereocenters. The molecule has 2 N–H and O–H groups in total. The Hall–Kier alpha value is -2.43. The molecule has 0 spiro atoms. The normalized spacial score (nSPS) is 10.9. The van der Waals surface area contributed by atoms with E-state index in [9.17, 15) is 0 Å². The van der Waals surface area contributed by atoms with Gasteiger partial charge in [-0.1, -0.05) is 13.0 Å². The molecule has 5 heteroatoms. The zero-order valence-corrected chi connectivity index (χ0v) is 10.0. The third kappa shape index (κ3) is 1.52. The Morgan fingerprint density at radius 1 is 1.22 bits per heavy atom. The molecule has 0 saturated heterocycles. The Balaban J connectivity index is 2.32. The lowest BCUT2D eigenvalue weighted by Gasteiger charge is -2.10. The van der Waals surface area contributed by atoms with Crippen molar-refractivity contribution in [3.8, 4) is 11.4 Å². The summed E-state index contributed by atoms with van der Waals surface area (Å²) in [6, 6.07) is 5.94. The van der Waals surface area contributed by atoms with Crippen LogP contribution < -0.4 is 5.73 Å². The largest absolute Gasteiger partial charge is 0.383 e. The maximum Gasteiger partial charge on any atom is 0.137 e. The zero-order chi connectivity index (χ0) is 12.5. The Bertz CT molecular complexity index is 701. The van der Waals surface area contributed by atoms with E-state index in [2.05, 4.69) is 15.0 Å². The van der Waals surface area contributed by atoms with Crippen LogP contribution >= 0.6 is 0 Å². The van der Waals surface area contributed by atoms with E-state index in [1.165, 1.54) is 6.33 Å². The number of nitrogens with two attached hydrogens (primary N) is 1. The summed E-state index contributed by atoms with van der Waals surface area (Å²) in [7, 11) is 0. The van der Waals surface area contributed by atoms with E-state index in [-0.39, 0.29) is 0 Å². The third-order valence-electron chi connectivity index (χ3n) is 3.00. The lowest BCUT2D eigenvalue weighted by atomic mass is 10.1. The molecule has 0 aromatic carbocycles. The highest BCUT2D eigenvalue weighted by molar-refractivity contribution is 5.67. The van der Waals surface area contributed by atoms with Gasteiger partial charge in [-0.3, -0.25) is 4.40 Å². The molecule has 0 amide bonds. The van der Waals surface area contributed by atoms with Gasteiger partial charge in [-0.2, -0.15) is 0 Å². The molecule has 3 rings (SSSR count). The average molecular weight is 239 g/mol. The highest BCUT2D eigenvalue weighted by atomic mass is 15.0. The molecular formula is C13H13N5. The van der Waals surface area contributed by atoms with Crippen LogP contribution in [0.1, 0.15) is 12.5 Å².